The van der Waals surface area contributed by atoms with Crippen LogP contribution < -0.4 is 0 Å². The molecule has 4 N–H and O–H groups in total. The van der Waals surface area contributed by atoms with Gasteiger partial charge in [-0.1, -0.05) is 70.4 Å². The number of aliphatic hydroxyl groups is 4. The normalized spacial score (nSPS) is 26.4. The van der Waals surface area contributed by atoms with Crippen LogP contribution in [-0.4, -0.2) is 63.7 Å². The molecule has 0 aromatic heterocycles. The standard InChI is InChI=1S/C24H44O7/c1-2-3-4-5-6-7-8-9-10-11-12-13-14-15-16-17-20(26)31-24-23(29)22(28)21(27)19(18-25)30-24/h12-13,19,21-25,27-29H,2-11,14-18H2,1H3/t19-,21-,22+,23-,24?/m1/s1. The number of unbranched alkanes of at least 4 members (excludes halogenated alkanes) is 11. The molecule has 1 unspecified atom stereocenters. The molecule has 1 saturated heterocycles. The van der Waals surface area contributed by atoms with Crippen molar-refractivity contribution in [3.8, 4) is 0 Å². The van der Waals surface area contributed by atoms with Gasteiger partial charge in [0.2, 0.25) is 6.29 Å². The predicted molar refractivity (Wildman–Crippen MR) is 119 cm³/mol. The van der Waals surface area contributed by atoms with Gasteiger partial charge in [-0.2, -0.15) is 0 Å². The van der Waals surface area contributed by atoms with Crippen LogP contribution in [0, 0.1) is 0 Å². The van der Waals surface area contributed by atoms with Gasteiger partial charge < -0.3 is 29.9 Å². The number of carbonyl (C=O) groups is 1. The first-order valence-electron chi connectivity index (χ1n) is 12.2. The third kappa shape index (κ3) is 12.0. The monoisotopic (exact) mass is 444 g/mol. The molecule has 1 heterocycles. The van der Waals surface area contributed by atoms with E-state index in [1.54, 1.807) is 0 Å². The van der Waals surface area contributed by atoms with Gasteiger partial charge in [0.05, 0.1) is 6.61 Å². The molecular formula is C24H44O7. The molecule has 0 aromatic carbocycles. The summed E-state index contributed by atoms with van der Waals surface area (Å²) in [6, 6.07) is 0. The largest absolute Gasteiger partial charge is 0.433 e. The van der Waals surface area contributed by atoms with Crippen molar-refractivity contribution < 1.29 is 34.7 Å². The molecule has 0 saturated carbocycles. The summed E-state index contributed by atoms with van der Waals surface area (Å²) in [7, 11) is 0. The minimum absolute atomic E-state index is 0.182. The van der Waals surface area contributed by atoms with E-state index in [4.69, 9.17) is 14.6 Å². The van der Waals surface area contributed by atoms with E-state index in [2.05, 4.69) is 19.1 Å². The van der Waals surface area contributed by atoms with Crippen molar-refractivity contribution in [3.63, 3.8) is 0 Å². The maximum atomic E-state index is 11.9. The van der Waals surface area contributed by atoms with Gasteiger partial charge in [-0.25, -0.2) is 0 Å². The second kappa shape index (κ2) is 17.6. The Morgan fingerprint density at radius 1 is 0.806 bits per heavy atom. The Morgan fingerprint density at radius 3 is 1.94 bits per heavy atom. The van der Waals surface area contributed by atoms with Crippen molar-refractivity contribution in [3.05, 3.63) is 12.2 Å². The Hall–Kier alpha value is -0.990. The summed E-state index contributed by atoms with van der Waals surface area (Å²) in [5.41, 5.74) is 0. The lowest BCUT2D eigenvalue weighted by molar-refractivity contribution is -0.292. The number of hydrogen-bond donors (Lipinski definition) is 4. The molecule has 0 amide bonds. The van der Waals surface area contributed by atoms with E-state index in [-0.39, 0.29) is 6.42 Å². The van der Waals surface area contributed by atoms with Crippen LogP contribution in [0.25, 0.3) is 0 Å². The quantitative estimate of drug-likeness (QED) is 0.154. The summed E-state index contributed by atoms with van der Waals surface area (Å²) in [6.07, 6.45) is 13.1. The number of rotatable bonds is 17. The molecule has 0 aliphatic carbocycles. The minimum Gasteiger partial charge on any atom is -0.433 e. The first-order valence-corrected chi connectivity index (χ1v) is 12.2. The van der Waals surface area contributed by atoms with E-state index < -0.39 is 43.3 Å². The van der Waals surface area contributed by atoms with E-state index in [0.29, 0.717) is 6.42 Å². The van der Waals surface area contributed by atoms with Crippen LogP contribution in [0.3, 0.4) is 0 Å². The number of ether oxygens (including phenoxy) is 2. The fraction of sp³-hybridized carbons (Fsp3) is 0.875. The fourth-order valence-electron chi connectivity index (χ4n) is 3.69. The lowest BCUT2D eigenvalue weighted by Crippen LogP contribution is -2.59. The van der Waals surface area contributed by atoms with Crippen molar-refractivity contribution in [2.24, 2.45) is 0 Å². The van der Waals surface area contributed by atoms with Gasteiger partial charge in [-0.05, 0) is 32.1 Å². The second-order valence-electron chi connectivity index (χ2n) is 8.52. The predicted octanol–water partition coefficient (Wildman–Crippen LogP) is 3.37. The van der Waals surface area contributed by atoms with Crippen molar-refractivity contribution in [2.75, 3.05) is 6.61 Å². The van der Waals surface area contributed by atoms with E-state index in [1.807, 2.05) is 0 Å². The van der Waals surface area contributed by atoms with Crippen LogP contribution in [0.15, 0.2) is 12.2 Å². The van der Waals surface area contributed by atoms with Gasteiger partial charge in [0.25, 0.3) is 0 Å². The fourth-order valence-corrected chi connectivity index (χ4v) is 3.69. The van der Waals surface area contributed by atoms with Gasteiger partial charge in [0.15, 0.2) is 0 Å². The zero-order valence-electron chi connectivity index (χ0n) is 19.2. The number of hydrogen-bond acceptors (Lipinski definition) is 7. The van der Waals surface area contributed by atoms with Gasteiger partial charge in [-0.15, -0.1) is 0 Å². The van der Waals surface area contributed by atoms with Gasteiger partial charge >= 0.3 is 5.97 Å². The molecule has 7 nitrogen and oxygen atoms in total. The SMILES string of the molecule is CCCCCCCCCCCC=CCCCCC(=O)OC1O[C@H](CO)[C@@H](O)[C@H](O)[C@H]1O. The summed E-state index contributed by atoms with van der Waals surface area (Å²) in [5.74, 6) is -0.539. The van der Waals surface area contributed by atoms with Gasteiger partial charge in [-0.3, -0.25) is 4.79 Å². The number of carbonyl (C=O) groups excluding carboxylic acids is 1. The molecule has 1 fully saturated rings. The van der Waals surface area contributed by atoms with Crippen LogP contribution in [0.4, 0.5) is 0 Å². The lowest BCUT2D eigenvalue weighted by atomic mass is 9.99. The smallest absolute Gasteiger partial charge is 0.308 e. The molecule has 1 aliphatic rings. The zero-order valence-corrected chi connectivity index (χ0v) is 19.2. The molecule has 0 aromatic rings. The van der Waals surface area contributed by atoms with Crippen LogP contribution in [0.2, 0.25) is 0 Å². The topological polar surface area (TPSA) is 116 Å². The van der Waals surface area contributed by atoms with E-state index in [0.717, 1.165) is 19.3 Å². The summed E-state index contributed by atoms with van der Waals surface area (Å²) in [5, 5.41) is 38.4. The Kier molecular flexibility index (Phi) is 15.9. The first kappa shape index (κ1) is 28.0. The average molecular weight is 445 g/mol. The Bertz CT molecular complexity index is 481. The third-order valence-corrected chi connectivity index (χ3v) is 5.74. The van der Waals surface area contributed by atoms with Crippen LogP contribution in [0.5, 0.6) is 0 Å². The molecule has 7 heteroatoms. The molecule has 5 atom stereocenters. The number of aliphatic hydroxyl groups excluding tert-OH is 4. The molecule has 0 spiro atoms. The van der Waals surface area contributed by atoms with Crippen LogP contribution in [-0.2, 0) is 14.3 Å². The number of allylic oxidation sites excluding steroid dienone is 2. The third-order valence-electron chi connectivity index (χ3n) is 5.74. The molecule has 1 rings (SSSR count). The number of esters is 1. The molecule has 31 heavy (non-hydrogen) atoms. The Balaban J connectivity index is 2.00. The van der Waals surface area contributed by atoms with E-state index >= 15 is 0 Å². The highest BCUT2D eigenvalue weighted by molar-refractivity contribution is 5.69. The molecule has 182 valence electrons. The minimum atomic E-state index is -1.55. The summed E-state index contributed by atoms with van der Waals surface area (Å²) in [6.45, 7) is 1.69. The highest BCUT2D eigenvalue weighted by atomic mass is 16.7. The average Bonchev–Trinajstić information content (AvgIpc) is 2.76. The Labute approximate surface area is 187 Å². The van der Waals surface area contributed by atoms with Crippen LogP contribution >= 0.6 is 0 Å². The van der Waals surface area contributed by atoms with Crippen molar-refractivity contribution in [2.45, 2.75) is 128 Å². The maximum absolute atomic E-state index is 11.9. The van der Waals surface area contributed by atoms with Crippen molar-refractivity contribution in [1.82, 2.24) is 0 Å². The second-order valence-corrected chi connectivity index (χ2v) is 8.52. The summed E-state index contributed by atoms with van der Waals surface area (Å²) in [4.78, 5) is 11.9. The lowest BCUT2D eigenvalue weighted by Gasteiger charge is -2.39. The highest BCUT2D eigenvalue weighted by Crippen LogP contribution is 2.22. The van der Waals surface area contributed by atoms with E-state index in [9.17, 15) is 20.1 Å². The van der Waals surface area contributed by atoms with E-state index in [1.165, 1.54) is 57.8 Å². The van der Waals surface area contributed by atoms with Gasteiger partial charge in [0.1, 0.15) is 24.4 Å². The first-order chi connectivity index (χ1) is 15.0. The molecular weight excluding hydrogens is 400 g/mol. The maximum Gasteiger partial charge on any atom is 0.308 e. The Morgan fingerprint density at radius 2 is 1.35 bits per heavy atom. The van der Waals surface area contributed by atoms with Crippen molar-refractivity contribution >= 4 is 5.97 Å². The highest BCUT2D eigenvalue weighted by Gasteiger charge is 2.45. The summed E-state index contributed by atoms with van der Waals surface area (Å²) >= 11 is 0. The summed E-state index contributed by atoms with van der Waals surface area (Å²) < 4.78 is 10.2. The zero-order chi connectivity index (χ0) is 22.9. The molecule has 0 radical (unpaired) electrons. The van der Waals surface area contributed by atoms with Gasteiger partial charge in [0, 0.05) is 6.42 Å². The van der Waals surface area contributed by atoms with Crippen LogP contribution in [0.1, 0.15) is 96.8 Å². The molecule has 1 aliphatic heterocycles. The molecule has 0 bridgehead atoms. The van der Waals surface area contributed by atoms with Crippen molar-refractivity contribution in [1.29, 1.82) is 0 Å².